The van der Waals surface area contributed by atoms with Crippen molar-refractivity contribution in [2.24, 2.45) is 17.8 Å². The van der Waals surface area contributed by atoms with E-state index in [1.54, 1.807) is 0 Å². The van der Waals surface area contributed by atoms with Crippen molar-refractivity contribution in [1.82, 2.24) is 4.90 Å². The minimum absolute atomic E-state index is 0.0225. The molecule has 0 aromatic heterocycles. The lowest BCUT2D eigenvalue weighted by Gasteiger charge is -2.48. The first-order valence-electron chi connectivity index (χ1n) is 13.5. The summed E-state index contributed by atoms with van der Waals surface area (Å²) in [5.41, 5.74) is 1.43. The summed E-state index contributed by atoms with van der Waals surface area (Å²) in [4.78, 5) is 2.81. The topological polar surface area (TPSA) is 12.5 Å². The Balaban J connectivity index is 1.44. The number of rotatable bonds is 6. The minimum Gasteiger partial charge on any atom is -0.403 e. The Morgan fingerprint density at radius 3 is 1.86 bits per heavy atom. The fourth-order valence-electron chi connectivity index (χ4n) is 7.79. The van der Waals surface area contributed by atoms with E-state index in [4.69, 9.17) is 4.43 Å². The molecule has 1 heterocycles. The molecule has 3 aliphatic rings. The van der Waals surface area contributed by atoms with Crippen molar-refractivity contribution in [3.8, 4) is 0 Å². The highest BCUT2D eigenvalue weighted by Crippen LogP contribution is 2.54. The Morgan fingerprint density at radius 1 is 0.743 bits per heavy atom. The molecule has 6 rings (SSSR count). The Bertz CT molecular complexity index is 1090. The van der Waals surface area contributed by atoms with Crippen LogP contribution in [0, 0.1) is 17.8 Å². The zero-order valence-electron chi connectivity index (χ0n) is 21.4. The van der Waals surface area contributed by atoms with Crippen LogP contribution < -0.4 is 10.4 Å². The number of fused-ring (bicyclic) bond motifs is 2. The summed E-state index contributed by atoms with van der Waals surface area (Å²) in [5.74, 6) is 2.29. The standard InChI is InChI=1S/C32H39NOSi/c1-32(2,3)35(28-15-9-5-10-16-28,29-17-11-6-12-18-29)34-31-27-20-25-19-26(21-27)30(31)33(23-25)22-24-13-7-4-8-14-24/h4-18,25-27,30-31H,19-23H2,1-3H3. The zero-order chi connectivity index (χ0) is 24.0. The van der Waals surface area contributed by atoms with Gasteiger partial charge in [0.15, 0.2) is 0 Å². The number of benzene rings is 3. The SMILES string of the molecule is CC(C)(C)[Si](OC1C2CC3CC(C2)C1N(Cc1ccccc1)C3)(c1ccccc1)c1ccccc1. The summed E-state index contributed by atoms with van der Waals surface area (Å²) in [6.45, 7) is 9.53. The van der Waals surface area contributed by atoms with E-state index in [2.05, 4.69) is 117 Å². The van der Waals surface area contributed by atoms with Gasteiger partial charge in [-0.25, -0.2) is 0 Å². The summed E-state index contributed by atoms with van der Waals surface area (Å²) < 4.78 is 7.84. The average Bonchev–Trinajstić information content (AvgIpc) is 3.05. The van der Waals surface area contributed by atoms with E-state index in [9.17, 15) is 0 Å². The Kier molecular flexibility index (Phi) is 5.99. The van der Waals surface area contributed by atoms with Crippen molar-refractivity contribution in [3.63, 3.8) is 0 Å². The van der Waals surface area contributed by atoms with Crippen LogP contribution in [0.2, 0.25) is 5.04 Å². The van der Waals surface area contributed by atoms with Gasteiger partial charge < -0.3 is 4.43 Å². The molecule has 5 unspecified atom stereocenters. The van der Waals surface area contributed by atoms with Crippen LogP contribution in [0.15, 0.2) is 91.0 Å². The van der Waals surface area contributed by atoms with E-state index < -0.39 is 8.32 Å². The highest BCUT2D eigenvalue weighted by Gasteiger charge is 2.59. The molecule has 2 nitrogen and oxygen atoms in total. The van der Waals surface area contributed by atoms with Crippen LogP contribution in [0.1, 0.15) is 45.6 Å². The molecule has 3 aromatic carbocycles. The zero-order valence-corrected chi connectivity index (χ0v) is 22.4. The lowest BCUT2D eigenvalue weighted by molar-refractivity contribution is 0.0246. The molecule has 0 spiro atoms. The van der Waals surface area contributed by atoms with Gasteiger partial charge in [-0.2, -0.15) is 0 Å². The third-order valence-electron chi connectivity index (χ3n) is 9.03. The highest BCUT2D eigenvalue weighted by atomic mass is 28.4. The van der Waals surface area contributed by atoms with Crippen LogP contribution in [-0.4, -0.2) is 31.9 Å². The van der Waals surface area contributed by atoms with Gasteiger partial charge in [-0.05, 0) is 58.0 Å². The lowest BCUT2D eigenvalue weighted by Crippen LogP contribution is -2.69. The lowest BCUT2D eigenvalue weighted by atomic mass is 9.78. The number of likely N-dealkylation sites (tertiary alicyclic amines) is 1. The molecule has 35 heavy (non-hydrogen) atoms. The summed E-state index contributed by atoms with van der Waals surface area (Å²) in [5, 5.41) is 2.84. The first kappa shape index (κ1) is 23.2. The predicted molar refractivity (Wildman–Crippen MR) is 147 cm³/mol. The van der Waals surface area contributed by atoms with E-state index in [1.165, 1.54) is 41.7 Å². The van der Waals surface area contributed by atoms with E-state index >= 15 is 0 Å². The molecule has 5 atom stereocenters. The van der Waals surface area contributed by atoms with Crippen molar-refractivity contribution in [1.29, 1.82) is 0 Å². The summed E-state index contributed by atoms with van der Waals surface area (Å²) in [6.07, 6.45) is 4.38. The van der Waals surface area contributed by atoms with Crippen LogP contribution in [-0.2, 0) is 11.0 Å². The summed E-state index contributed by atoms with van der Waals surface area (Å²) in [7, 11) is -2.56. The molecule has 2 saturated carbocycles. The van der Waals surface area contributed by atoms with E-state index in [0.29, 0.717) is 18.1 Å². The van der Waals surface area contributed by atoms with Crippen molar-refractivity contribution in [2.45, 2.75) is 63.8 Å². The van der Waals surface area contributed by atoms with Crippen LogP contribution in [0.4, 0.5) is 0 Å². The molecule has 3 bridgehead atoms. The Morgan fingerprint density at radius 2 is 1.29 bits per heavy atom. The van der Waals surface area contributed by atoms with Crippen molar-refractivity contribution < 1.29 is 4.43 Å². The van der Waals surface area contributed by atoms with Crippen LogP contribution >= 0.6 is 0 Å². The van der Waals surface area contributed by atoms with Gasteiger partial charge in [-0.15, -0.1) is 0 Å². The first-order chi connectivity index (χ1) is 17.0. The van der Waals surface area contributed by atoms with Gasteiger partial charge in [0.1, 0.15) is 0 Å². The maximum Gasteiger partial charge on any atom is 0.261 e. The number of hydrogen-bond donors (Lipinski definition) is 0. The number of hydrogen-bond acceptors (Lipinski definition) is 2. The molecule has 3 fully saturated rings. The van der Waals surface area contributed by atoms with Gasteiger partial charge in [0.2, 0.25) is 0 Å². The second kappa shape index (κ2) is 9.03. The van der Waals surface area contributed by atoms with Crippen molar-refractivity contribution in [3.05, 3.63) is 96.6 Å². The maximum atomic E-state index is 7.84. The molecule has 1 aliphatic heterocycles. The molecule has 3 aromatic rings. The average molecular weight is 482 g/mol. The largest absolute Gasteiger partial charge is 0.403 e. The summed E-state index contributed by atoms with van der Waals surface area (Å²) in [6, 6.07) is 34.1. The minimum atomic E-state index is -2.56. The fourth-order valence-corrected chi connectivity index (χ4v) is 12.5. The number of nitrogens with zero attached hydrogens (tertiary/aromatic N) is 1. The molecular formula is C32H39NOSi. The van der Waals surface area contributed by atoms with Crippen LogP contribution in [0.25, 0.3) is 0 Å². The Labute approximate surface area is 212 Å². The molecular weight excluding hydrogens is 442 g/mol. The molecule has 0 N–H and O–H groups in total. The van der Waals surface area contributed by atoms with E-state index in [0.717, 1.165) is 18.4 Å². The maximum absolute atomic E-state index is 7.84. The third kappa shape index (κ3) is 4.02. The van der Waals surface area contributed by atoms with Crippen LogP contribution in [0.5, 0.6) is 0 Å². The monoisotopic (exact) mass is 481 g/mol. The van der Waals surface area contributed by atoms with E-state index in [-0.39, 0.29) is 5.04 Å². The summed E-state index contributed by atoms with van der Waals surface area (Å²) >= 11 is 0. The molecule has 0 amide bonds. The van der Waals surface area contributed by atoms with Gasteiger partial charge in [0.25, 0.3) is 8.32 Å². The molecule has 0 radical (unpaired) electrons. The molecule has 2 aliphatic carbocycles. The smallest absolute Gasteiger partial charge is 0.261 e. The third-order valence-corrected chi connectivity index (χ3v) is 14.1. The van der Waals surface area contributed by atoms with Gasteiger partial charge >= 0.3 is 0 Å². The normalized spacial score (nSPS) is 28.4. The highest BCUT2D eigenvalue weighted by molar-refractivity contribution is 6.99. The van der Waals surface area contributed by atoms with Crippen LogP contribution in [0.3, 0.4) is 0 Å². The molecule has 1 saturated heterocycles. The van der Waals surface area contributed by atoms with Gasteiger partial charge in [-0.3, -0.25) is 4.90 Å². The Hall–Kier alpha value is -2.20. The second-order valence-corrected chi connectivity index (χ2v) is 16.5. The van der Waals surface area contributed by atoms with Gasteiger partial charge in [0, 0.05) is 19.1 Å². The van der Waals surface area contributed by atoms with E-state index in [1.807, 2.05) is 0 Å². The molecule has 182 valence electrons. The quantitative estimate of drug-likeness (QED) is 0.409. The first-order valence-corrected chi connectivity index (χ1v) is 15.4. The number of piperidine rings is 1. The second-order valence-electron chi connectivity index (χ2n) is 12.2. The van der Waals surface area contributed by atoms with Crippen molar-refractivity contribution in [2.75, 3.05) is 6.54 Å². The van der Waals surface area contributed by atoms with Gasteiger partial charge in [0.05, 0.1) is 6.10 Å². The predicted octanol–water partition coefficient (Wildman–Crippen LogP) is 5.86. The van der Waals surface area contributed by atoms with Crippen molar-refractivity contribution >= 4 is 18.7 Å². The fraction of sp³-hybridized carbons (Fsp3) is 0.438. The molecule has 3 heteroatoms. The van der Waals surface area contributed by atoms with Gasteiger partial charge in [-0.1, -0.05) is 112 Å².